The average Bonchev–Trinajstić information content (AvgIpc) is 2.44. The second-order valence-electron chi connectivity index (χ2n) is 5.78. The molecule has 0 spiro atoms. The lowest BCUT2D eigenvalue weighted by molar-refractivity contribution is -0.117. The zero-order valence-corrected chi connectivity index (χ0v) is 13.4. The van der Waals surface area contributed by atoms with Crippen molar-refractivity contribution in [1.82, 2.24) is 5.32 Å². The molecule has 1 aromatic rings. The molecule has 1 amide bonds. The number of carbonyl (C=O) groups excluding carboxylic acids is 1. The van der Waals surface area contributed by atoms with Crippen LogP contribution in [0.5, 0.6) is 0 Å². The van der Waals surface area contributed by atoms with Crippen LogP contribution in [0.4, 0.5) is 10.1 Å². The van der Waals surface area contributed by atoms with Crippen LogP contribution in [0.15, 0.2) is 18.2 Å². The van der Waals surface area contributed by atoms with Crippen LogP contribution < -0.4 is 10.6 Å². The normalized spacial score (nSPS) is 16.9. The third-order valence-electron chi connectivity index (χ3n) is 4.14. The fourth-order valence-corrected chi connectivity index (χ4v) is 2.81. The van der Waals surface area contributed by atoms with Crippen molar-refractivity contribution in [2.24, 2.45) is 11.8 Å². The minimum atomic E-state index is -0.244. The molecular formula is C16H24ClFN2O. The number of amides is 1. The van der Waals surface area contributed by atoms with E-state index in [1.165, 1.54) is 6.07 Å². The maximum absolute atomic E-state index is 13.2. The van der Waals surface area contributed by atoms with Crippen molar-refractivity contribution in [3.63, 3.8) is 0 Å². The number of rotatable bonds is 4. The number of hydrogen-bond donors (Lipinski definition) is 2. The molecule has 1 aliphatic heterocycles. The van der Waals surface area contributed by atoms with E-state index in [1.807, 2.05) is 0 Å². The largest absolute Gasteiger partial charge is 0.326 e. The molecule has 118 valence electrons. The minimum absolute atomic E-state index is 0. The predicted molar refractivity (Wildman–Crippen MR) is 86.4 cm³/mol. The summed E-state index contributed by atoms with van der Waals surface area (Å²) in [6, 6.07) is 4.67. The first-order valence-electron chi connectivity index (χ1n) is 7.33. The van der Waals surface area contributed by atoms with Gasteiger partial charge >= 0.3 is 0 Å². The summed E-state index contributed by atoms with van der Waals surface area (Å²) in [4.78, 5) is 12.0. The molecular weight excluding hydrogens is 291 g/mol. The Morgan fingerprint density at radius 3 is 2.71 bits per heavy atom. The van der Waals surface area contributed by atoms with Gasteiger partial charge in [-0.15, -0.1) is 12.4 Å². The number of nitrogens with one attached hydrogen (secondary N) is 2. The van der Waals surface area contributed by atoms with Crippen molar-refractivity contribution in [2.75, 3.05) is 18.4 Å². The third kappa shape index (κ3) is 5.29. The van der Waals surface area contributed by atoms with Gasteiger partial charge < -0.3 is 10.6 Å². The maximum Gasteiger partial charge on any atom is 0.224 e. The molecule has 1 atom stereocenters. The second kappa shape index (κ2) is 8.35. The molecule has 1 unspecified atom stereocenters. The summed E-state index contributed by atoms with van der Waals surface area (Å²) in [6.07, 6.45) is 2.81. The standard InChI is InChI=1S/C16H23FN2O.ClH/c1-11(13-5-7-18-8-6-13)10-16(20)19-14-3-4-15(17)12(2)9-14;/h3-4,9,11,13,18H,5-8,10H2,1-2H3,(H,19,20);1H. The van der Waals surface area contributed by atoms with E-state index in [-0.39, 0.29) is 24.1 Å². The van der Waals surface area contributed by atoms with Gasteiger partial charge in [0.1, 0.15) is 5.82 Å². The van der Waals surface area contributed by atoms with E-state index in [4.69, 9.17) is 0 Å². The number of anilines is 1. The molecule has 0 radical (unpaired) electrons. The van der Waals surface area contributed by atoms with E-state index in [1.54, 1.807) is 19.1 Å². The van der Waals surface area contributed by atoms with Gasteiger partial charge in [-0.05, 0) is 68.5 Å². The molecule has 0 aromatic heterocycles. The highest BCUT2D eigenvalue weighted by Crippen LogP contribution is 2.24. The van der Waals surface area contributed by atoms with Crippen LogP contribution >= 0.6 is 12.4 Å². The number of piperidine rings is 1. The van der Waals surface area contributed by atoms with Crippen LogP contribution in [0.25, 0.3) is 0 Å². The van der Waals surface area contributed by atoms with Gasteiger partial charge in [0.2, 0.25) is 5.91 Å². The molecule has 0 bridgehead atoms. The van der Waals surface area contributed by atoms with Gasteiger partial charge in [0.25, 0.3) is 0 Å². The van der Waals surface area contributed by atoms with Gasteiger partial charge in [-0.1, -0.05) is 6.92 Å². The lowest BCUT2D eigenvalue weighted by Gasteiger charge is -2.27. The van der Waals surface area contributed by atoms with E-state index in [2.05, 4.69) is 17.6 Å². The summed E-state index contributed by atoms with van der Waals surface area (Å²) < 4.78 is 13.2. The lowest BCUT2D eigenvalue weighted by atomic mass is 9.84. The molecule has 3 nitrogen and oxygen atoms in total. The van der Waals surface area contributed by atoms with Crippen LogP contribution in [-0.2, 0) is 4.79 Å². The Hall–Kier alpha value is -1.13. The van der Waals surface area contributed by atoms with Crippen molar-refractivity contribution in [3.05, 3.63) is 29.6 Å². The summed E-state index contributed by atoms with van der Waals surface area (Å²) >= 11 is 0. The van der Waals surface area contributed by atoms with Crippen LogP contribution in [0, 0.1) is 24.6 Å². The predicted octanol–water partition coefficient (Wildman–Crippen LogP) is 3.52. The summed E-state index contributed by atoms with van der Waals surface area (Å²) in [7, 11) is 0. The van der Waals surface area contributed by atoms with Crippen molar-refractivity contribution in [1.29, 1.82) is 0 Å². The van der Waals surface area contributed by atoms with Gasteiger partial charge in [-0.2, -0.15) is 0 Å². The van der Waals surface area contributed by atoms with Gasteiger partial charge in [0, 0.05) is 12.1 Å². The Balaban J connectivity index is 0.00000220. The molecule has 2 N–H and O–H groups in total. The van der Waals surface area contributed by atoms with Crippen molar-refractivity contribution >= 4 is 24.0 Å². The lowest BCUT2D eigenvalue weighted by Crippen LogP contribution is -2.32. The van der Waals surface area contributed by atoms with E-state index >= 15 is 0 Å². The zero-order chi connectivity index (χ0) is 14.5. The number of carbonyl (C=O) groups is 1. The Morgan fingerprint density at radius 2 is 2.10 bits per heavy atom. The van der Waals surface area contributed by atoms with Crippen molar-refractivity contribution < 1.29 is 9.18 Å². The summed E-state index contributed by atoms with van der Waals surface area (Å²) in [5.41, 5.74) is 1.22. The van der Waals surface area contributed by atoms with Gasteiger partial charge in [0.15, 0.2) is 0 Å². The fraction of sp³-hybridized carbons (Fsp3) is 0.562. The first-order chi connectivity index (χ1) is 9.56. The van der Waals surface area contributed by atoms with Crippen LogP contribution in [0.1, 0.15) is 31.7 Å². The van der Waals surface area contributed by atoms with E-state index in [0.717, 1.165) is 25.9 Å². The number of benzene rings is 1. The zero-order valence-electron chi connectivity index (χ0n) is 12.6. The highest BCUT2D eigenvalue weighted by molar-refractivity contribution is 5.90. The van der Waals surface area contributed by atoms with Crippen LogP contribution in [0.2, 0.25) is 0 Å². The van der Waals surface area contributed by atoms with Gasteiger partial charge in [0.05, 0.1) is 0 Å². The number of hydrogen-bond acceptors (Lipinski definition) is 2. The first-order valence-corrected chi connectivity index (χ1v) is 7.33. The molecule has 1 aliphatic rings. The van der Waals surface area contributed by atoms with E-state index in [9.17, 15) is 9.18 Å². The SMILES string of the molecule is Cc1cc(NC(=O)CC(C)C2CCNCC2)ccc1F.Cl. The molecule has 0 saturated carbocycles. The second-order valence-corrected chi connectivity index (χ2v) is 5.78. The summed E-state index contributed by atoms with van der Waals surface area (Å²) in [6.45, 7) is 5.94. The molecule has 1 heterocycles. The number of halogens is 2. The average molecular weight is 315 g/mol. The Bertz CT molecular complexity index is 475. The fourth-order valence-electron chi connectivity index (χ4n) is 2.81. The third-order valence-corrected chi connectivity index (χ3v) is 4.14. The summed E-state index contributed by atoms with van der Waals surface area (Å²) in [5.74, 6) is 0.781. The molecule has 2 rings (SSSR count). The van der Waals surface area contributed by atoms with Crippen LogP contribution in [0.3, 0.4) is 0 Å². The summed E-state index contributed by atoms with van der Waals surface area (Å²) in [5, 5.41) is 6.20. The minimum Gasteiger partial charge on any atom is -0.326 e. The molecule has 0 aliphatic carbocycles. The molecule has 5 heteroatoms. The highest BCUT2D eigenvalue weighted by atomic mass is 35.5. The Kier molecular flexibility index (Phi) is 7.12. The quantitative estimate of drug-likeness (QED) is 0.893. The first kappa shape index (κ1) is 17.9. The Morgan fingerprint density at radius 1 is 1.43 bits per heavy atom. The number of aryl methyl sites for hydroxylation is 1. The van der Waals surface area contributed by atoms with Gasteiger partial charge in [-0.3, -0.25) is 4.79 Å². The topological polar surface area (TPSA) is 41.1 Å². The molecule has 1 fully saturated rings. The van der Waals surface area contributed by atoms with Gasteiger partial charge in [-0.25, -0.2) is 4.39 Å². The smallest absolute Gasteiger partial charge is 0.224 e. The van der Waals surface area contributed by atoms with Crippen molar-refractivity contribution in [2.45, 2.75) is 33.1 Å². The van der Waals surface area contributed by atoms with E-state index < -0.39 is 0 Å². The van der Waals surface area contributed by atoms with E-state index in [0.29, 0.717) is 29.5 Å². The maximum atomic E-state index is 13.2. The molecule has 1 saturated heterocycles. The Labute approximate surface area is 132 Å². The molecule has 21 heavy (non-hydrogen) atoms. The van der Waals surface area contributed by atoms with Crippen molar-refractivity contribution in [3.8, 4) is 0 Å². The monoisotopic (exact) mass is 314 g/mol. The molecule has 1 aromatic carbocycles. The van der Waals surface area contributed by atoms with Crippen LogP contribution in [-0.4, -0.2) is 19.0 Å². The highest BCUT2D eigenvalue weighted by Gasteiger charge is 2.22.